The molecular weight excluding hydrogens is 309 g/mol. The van der Waals surface area contributed by atoms with E-state index in [0.29, 0.717) is 0 Å². The number of rotatable bonds is 5. The summed E-state index contributed by atoms with van der Waals surface area (Å²) in [7, 11) is 4.11. The van der Waals surface area contributed by atoms with Gasteiger partial charge in [-0.25, -0.2) is 0 Å². The molecule has 128 valence electrons. The van der Waals surface area contributed by atoms with Crippen LogP contribution in [0.15, 0.2) is 0 Å². The molecule has 0 aliphatic heterocycles. The first-order valence-electron chi connectivity index (χ1n) is 7.42. The highest BCUT2D eigenvalue weighted by atomic mass is 35.5. The molecule has 1 aliphatic rings. The molecular formula is C15H33Cl2N3O. The van der Waals surface area contributed by atoms with Gasteiger partial charge < -0.3 is 16.0 Å². The molecule has 1 atom stereocenters. The Hall–Kier alpha value is -0.0300. The van der Waals surface area contributed by atoms with Crippen molar-refractivity contribution >= 4 is 30.7 Å². The van der Waals surface area contributed by atoms with E-state index >= 15 is 0 Å². The van der Waals surface area contributed by atoms with Crippen molar-refractivity contribution < 1.29 is 4.79 Å². The fourth-order valence-electron chi connectivity index (χ4n) is 2.90. The van der Waals surface area contributed by atoms with Crippen LogP contribution in [0.5, 0.6) is 0 Å². The molecule has 0 heterocycles. The summed E-state index contributed by atoms with van der Waals surface area (Å²) in [6.07, 6.45) is 4.98. The van der Waals surface area contributed by atoms with Gasteiger partial charge in [-0.2, -0.15) is 0 Å². The molecule has 3 N–H and O–H groups in total. The summed E-state index contributed by atoms with van der Waals surface area (Å²) in [5.74, 6) is 0.0338. The van der Waals surface area contributed by atoms with E-state index in [4.69, 9.17) is 5.73 Å². The third-order valence-corrected chi connectivity index (χ3v) is 4.44. The Balaban J connectivity index is 0. The standard InChI is InChI=1S/C15H31N3O.2ClH/c1-12(14(2,3)11-18(4)5)17-13(19)15(16)9-7-6-8-10-15;;/h12H,6-11,16H2,1-5H3,(H,17,19);2*1H. The van der Waals surface area contributed by atoms with Crippen LogP contribution < -0.4 is 11.1 Å². The van der Waals surface area contributed by atoms with Crippen LogP contribution in [0.25, 0.3) is 0 Å². The van der Waals surface area contributed by atoms with Crippen LogP contribution in [0.3, 0.4) is 0 Å². The van der Waals surface area contributed by atoms with Gasteiger partial charge in [0.15, 0.2) is 0 Å². The third kappa shape index (κ3) is 6.72. The predicted octanol–water partition coefficient (Wildman–Crippen LogP) is 2.58. The smallest absolute Gasteiger partial charge is 0.240 e. The minimum atomic E-state index is -0.638. The van der Waals surface area contributed by atoms with Crippen LogP contribution >= 0.6 is 24.8 Å². The lowest BCUT2D eigenvalue weighted by Crippen LogP contribution is -2.59. The summed E-state index contributed by atoms with van der Waals surface area (Å²) < 4.78 is 0. The fraction of sp³-hybridized carbons (Fsp3) is 0.933. The molecule has 21 heavy (non-hydrogen) atoms. The number of nitrogens with zero attached hydrogens (tertiary/aromatic N) is 1. The molecule has 0 saturated heterocycles. The molecule has 0 radical (unpaired) electrons. The molecule has 6 heteroatoms. The van der Waals surface area contributed by atoms with Crippen molar-refractivity contribution in [2.75, 3.05) is 20.6 Å². The number of amides is 1. The van der Waals surface area contributed by atoms with E-state index in [2.05, 4.69) is 45.1 Å². The van der Waals surface area contributed by atoms with Crippen molar-refractivity contribution in [3.05, 3.63) is 0 Å². The van der Waals surface area contributed by atoms with Crippen molar-refractivity contribution in [1.29, 1.82) is 0 Å². The lowest BCUT2D eigenvalue weighted by molar-refractivity contribution is -0.129. The Morgan fingerprint density at radius 3 is 2.14 bits per heavy atom. The summed E-state index contributed by atoms with van der Waals surface area (Å²) in [6.45, 7) is 7.38. The molecule has 0 aromatic carbocycles. The van der Waals surface area contributed by atoms with Crippen molar-refractivity contribution in [3.63, 3.8) is 0 Å². The zero-order valence-corrected chi connectivity index (χ0v) is 15.7. The second-order valence-electron chi connectivity index (χ2n) is 7.14. The van der Waals surface area contributed by atoms with Crippen molar-refractivity contribution in [3.8, 4) is 0 Å². The highest BCUT2D eigenvalue weighted by Crippen LogP contribution is 2.27. The number of nitrogens with two attached hydrogens (primary N) is 1. The SMILES string of the molecule is CC(NC(=O)C1(N)CCCCC1)C(C)(C)CN(C)C.Cl.Cl. The normalized spacial score (nSPS) is 19.2. The molecule has 0 spiro atoms. The minimum Gasteiger partial charge on any atom is -0.351 e. The Labute approximate surface area is 142 Å². The zero-order valence-electron chi connectivity index (χ0n) is 14.1. The molecule has 0 bridgehead atoms. The summed E-state index contributed by atoms with van der Waals surface area (Å²) in [5, 5.41) is 3.15. The molecule has 0 aromatic heterocycles. The van der Waals surface area contributed by atoms with Crippen LogP contribution in [0, 0.1) is 5.41 Å². The van der Waals surface area contributed by atoms with Crippen LogP contribution in [0.2, 0.25) is 0 Å². The van der Waals surface area contributed by atoms with Gasteiger partial charge in [0.25, 0.3) is 0 Å². The number of hydrogen-bond donors (Lipinski definition) is 2. The van der Waals surface area contributed by atoms with Gasteiger partial charge in [-0.05, 0) is 39.3 Å². The van der Waals surface area contributed by atoms with Gasteiger partial charge in [-0.3, -0.25) is 4.79 Å². The first-order chi connectivity index (χ1) is 8.67. The molecule has 1 unspecified atom stereocenters. The van der Waals surface area contributed by atoms with Gasteiger partial charge >= 0.3 is 0 Å². The fourth-order valence-corrected chi connectivity index (χ4v) is 2.90. The molecule has 1 aliphatic carbocycles. The maximum atomic E-state index is 12.4. The number of nitrogens with one attached hydrogen (secondary N) is 1. The monoisotopic (exact) mass is 341 g/mol. The number of carbonyl (C=O) groups excluding carboxylic acids is 1. The highest BCUT2D eigenvalue weighted by molar-refractivity contribution is 5.86. The number of halogens is 2. The Morgan fingerprint density at radius 1 is 1.24 bits per heavy atom. The molecule has 1 saturated carbocycles. The summed E-state index contributed by atoms with van der Waals surface area (Å²) >= 11 is 0. The average molecular weight is 342 g/mol. The van der Waals surface area contributed by atoms with Gasteiger partial charge in [0.1, 0.15) is 0 Å². The van der Waals surface area contributed by atoms with E-state index in [1.54, 1.807) is 0 Å². The van der Waals surface area contributed by atoms with Crippen LogP contribution in [-0.2, 0) is 4.79 Å². The lowest BCUT2D eigenvalue weighted by atomic mass is 9.80. The van der Waals surface area contributed by atoms with E-state index in [9.17, 15) is 4.79 Å². The van der Waals surface area contributed by atoms with Crippen molar-refractivity contribution in [2.45, 2.75) is 64.5 Å². The Bertz CT molecular complexity index is 316. The van der Waals surface area contributed by atoms with Crippen LogP contribution in [0.4, 0.5) is 0 Å². The van der Waals surface area contributed by atoms with Crippen molar-refractivity contribution in [2.24, 2.45) is 11.1 Å². The first-order valence-corrected chi connectivity index (χ1v) is 7.42. The minimum absolute atomic E-state index is 0. The Morgan fingerprint density at radius 2 is 1.71 bits per heavy atom. The number of hydrogen-bond acceptors (Lipinski definition) is 3. The molecule has 1 fully saturated rings. The quantitative estimate of drug-likeness (QED) is 0.807. The largest absolute Gasteiger partial charge is 0.351 e. The van der Waals surface area contributed by atoms with E-state index in [1.807, 2.05) is 0 Å². The predicted molar refractivity (Wildman–Crippen MR) is 94.4 cm³/mol. The van der Waals surface area contributed by atoms with Gasteiger partial charge in [-0.15, -0.1) is 24.8 Å². The summed E-state index contributed by atoms with van der Waals surface area (Å²) in [5.41, 5.74) is 5.67. The third-order valence-electron chi connectivity index (χ3n) is 4.44. The van der Waals surface area contributed by atoms with Crippen LogP contribution in [0.1, 0.15) is 52.9 Å². The van der Waals surface area contributed by atoms with Crippen LogP contribution in [-0.4, -0.2) is 43.0 Å². The average Bonchev–Trinajstić information content (AvgIpc) is 2.28. The van der Waals surface area contributed by atoms with E-state index in [1.165, 1.54) is 6.42 Å². The zero-order chi connectivity index (χ0) is 14.7. The maximum Gasteiger partial charge on any atom is 0.240 e. The lowest BCUT2D eigenvalue weighted by Gasteiger charge is -2.38. The second-order valence-corrected chi connectivity index (χ2v) is 7.14. The first kappa shape index (κ1) is 23.2. The second kappa shape index (κ2) is 9.19. The van der Waals surface area contributed by atoms with E-state index in [0.717, 1.165) is 32.2 Å². The molecule has 4 nitrogen and oxygen atoms in total. The van der Waals surface area contributed by atoms with Gasteiger partial charge in [0.2, 0.25) is 5.91 Å². The Kier molecular flexibility index (Phi) is 10.2. The van der Waals surface area contributed by atoms with Gasteiger partial charge in [-0.1, -0.05) is 33.1 Å². The summed E-state index contributed by atoms with van der Waals surface area (Å²) in [4.78, 5) is 14.6. The highest BCUT2D eigenvalue weighted by Gasteiger charge is 2.38. The molecule has 0 aromatic rings. The van der Waals surface area contributed by atoms with E-state index in [-0.39, 0.29) is 42.2 Å². The summed E-state index contributed by atoms with van der Waals surface area (Å²) in [6, 6.07) is 0.116. The molecule has 1 rings (SSSR count). The van der Waals surface area contributed by atoms with Crippen molar-refractivity contribution in [1.82, 2.24) is 10.2 Å². The molecule has 1 amide bonds. The maximum absolute atomic E-state index is 12.4. The van der Waals surface area contributed by atoms with Gasteiger partial charge in [0.05, 0.1) is 5.54 Å². The topological polar surface area (TPSA) is 58.4 Å². The van der Waals surface area contributed by atoms with Gasteiger partial charge in [0, 0.05) is 12.6 Å². The number of carbonyl (C=O) groups is 1. The van der Waals surface area contributed by atoms with E-state index < -0.39 is 5.54 Å².